The van der Waals surface area contributed by atoms with E-state index < -0.39 is 0 Å². The van der Waals surface area contributed by atoms with Gasteiger partial charge in [0.25, 0.3) is 0 Å². The predicted molar refractivity (Wildman–Crippen MR) is 76.4 cm³/mol. The molecule has 0 unspecified atom stereocenters. The molecular formula is C14H18ClN3O. The minimum Gasteiger partial charge on any atom is -0.488 e. The fourth-order valence-electron chi connectivity index (χ4n) is 2.00. The third-order valence-corrected chi connectivity index (χ3v) is 3.55. The first-order valence-corrected chi connectivity index (χ1v) is 6.51. The average Bonchev–Trinajstić information content (AvgIpc) is 2.62. The van der Waals surface area contributed by atoms with Crippen molar-refractivity contribution in [1.82, 2.24) is 9.78 Å². The van der Waals surface area contributed by atoms with Crippen molar-refractivity contribution < 1.29 is 4.74 Å². The summed E-state index contributed by atoms with van der Waals surface area (Å²) in [4.78, 5) is 0. The quantitative estimate of drug-likeness (QED) is 0.936. The predicted octanol–water partition coefficient (Wildman–Crippen LogP) is 2.73. The average molecular weight is 280 g/mol. The molecule has 19 heavy (non-hydrogen) atoms. The minimum atomic E-state index is 0.397. The Morgan fingerprint density at radius 3 is 2.68 bits per heavy atom. The van der Waals surface area contributed by atoms with E-state index in [9.17, 15) is 0 Å². The molecule has 0 aliphatic rings. The van der Waals surface area contributed by atoms with Gasteiger partial charge in [-0.05, 0) is 19.9 Å². The van der Waals surface area contributed by atoms with E-state index in [2.05, 4.69) is 5.10 Å². The minimum absolute atomic E-state index is 0.397. The van der Waals surface area contributed by atoms with Crippen molar-refractivity contribution in [2.24, 2.45) is 12.8 Å². The molecular weight excluding hydrogens is 262 g/mol. The van der Waals surface area contributed by atoms with Gasteiger partial charge in [-0.1, -0.05) is 29.3 Å². The van der Waals surface area contributed by atoms with E-state index in [1.165, 1.54) is 5.56 Å². The van der Waals surface area contributed by atoms with Crippen LogP contribution in [0.3, 0.4) is 0 Å². The Labute approximate surface area is 118 Å². The van der Waals surface area contributed by atoms with Crippen LogP contribution in [0.2, 0.25) is 5.15 Å². The summed E-state index contributed by atoms with van der Waals surface area (Å²) >= 11 is 6.17. The lowest BCUT2D eigenvalue weighted by Crippen LogP contribution is -2.03. The molecule has 0 saturated carbocycles. The lowest BCUT2D eigenvalue weighted by molar-refractivity contribution is 0.302. The molecule has 2 N–H and O–H groups in total. The summed E-state index contributed by atoms with van der Waals surface area (Å²) in [6, 6.07) is 5.98. The summed E-state index contributed by atoms with van der Waals surface area (Å²) in [5.41, 5.74) is 9.69. The van der Waals surface area contributed by atoms with E-state index in [-0.39, 0.29) is 0 Å². The van der Waals surface area contributed by atoms with Crippen LogP contribution in [-0.2, 0) is 20.2 Å². The van der Waals surface area contributed by atoms with Crippen molar-refractivity contribution >= 4 is 11.6 Å². The third-order valence-electron chi connectivity index (χ3n) is 3.08. The topological polar surface area (TPSA) is 53.1 Å². The normalized spacial score (nSPS) is 10.8. The second-order valence-electron chi connectivity index (χ2n) is 4.58. The van der Waals surface area contributed by atoms with Crippen LogP contribution in [0.5, 0.6) is 5.75 Å². The molecule has 1 aromatic carbocycles. The van der Waals surface area contributed by atoms with Crippen LogP contribution >= 0.6 is 11.6 Å². The molecule has 0 aliphatic carbocycles. The first-order chi connectivity index (χ1) is 9.02. The smallest absolute Gasteiger partial charge is 0.133 e. The fraction of sp³-hybridized carbons (Fsp3) is 0.357. The number of aryl methyl sites for hydroxylation is 3. The second-order valence-corrected chi connectivity index (χ2v) is 4.94. The Morgan fingerprint density at radius 1 is 1.37 bits per heavy atom. The van der Waals surface area contributed by atoms with Crippen LogP contribution in [0.4, 0.5) is 0 Å². The highest BCUT2D eigenvalue weighted by Gasteiger charge is 2.12. The molecule has 0 spiro atoms. The first kappa shape index (κ1) is 13.9. The standard InChI is InChI=1S/C14H18ClN3O/c1-9-4-5-13(11(6-9)7-16)19-8-12-10(2)17-18(3)14(12)15/h4-6H,7-8,16H2,1-3H3. The van der Waals surface area contributed by atoms with E-state index in [1.807, 2.05) is 39.1 Å². The van der Waals surface area contributed by atoms with Gasteiger partial charge < -0.3 is 10.5 Å². The van der Waals surface area contributed by atoms with Gasteiger partial charge in [0.15, 0.2) is 0 Å². The fourth-order valence-corrected chi connectivity index (χ4v) is 2.23. The van der Waals surface area contributed by atoms with Crippen LogP contribution in [0.1, 0.15) is 22.4 Å². The third kappa shape index (κ3) is 2.91. The Morgan fingerprint density at radius 2 is 2.11 bits per heavy atom. The van der Waals surface area contributed by atoms with Crippen LogP contribution in [0.15, 0.2) is 18.2 Å². The van der Waals surface area contributed by atoms with Crippen molar-refractivity contribution in [2.75, 3.05) is 0 Å². The van der Waals surface area contributed by atoms with Gasteiger partial charge in [0.1, 0.15) is 17.5 Å². The van der Waals surface area contributed by atoms with Crippen molar-refractivity contribution in [2.45, 2.75) is 27.0 Å². The number of benzene rings is 1. The summed E-state index contributed by atoms with van der Waals surface area (Å²) in [5.74, 6) is 0.799. The molecule has 5 heteroatoms. The Kier molecular flexibility index (Phi) is 4.12. The van der Waals surface area contributed by atoms with E-state index in [0.29, 0.717) is 18.3 Å². The highest BCUT2D eigenvalue weighted by Crippen LogP contribution is 2.24. The van der Waals surface area contributed by atoms with Crippen molar-refractivity contribution in [3.8, 4) is 5.75 Å². The molecule has 2 rings (SSSR count). The molecule has 0 amide bonds. The molecule has 0 radical (unpaired) electrons. The van der Waals surface area contributed by atoms with Gasteiger partial charge in [-0.15, -0.1) is 0 Å². The van der Waals surface area contributed by atoms with Gasteiger partial charge in [-0.2, -0.15) is 5.10 Å². The molecule has 0 aliphatic heterocycles. The Bertz CT molecular complexity index is 593. The van der Waals surface area contributed by atoms with Crippen LogP contribution in [0, 0.1) is 13.8 Å². The monoisotopic (exact) mass is 279 g/mol. The van der Waals surface area contributed by atoms with Gasteiger partial charge in [-0.25, -0.2) is 0 Å². The molecule has 1 aromatic heterocycles. The summed E-state index contributed by atoms with van der Waals surface area (Å²) < 4.78 is 7.47. The number of rotatable bonds is 4. The summed E-state index contributed by atoms with van der Waals surface area (Å²) in [7, 11) is 1.82. The number of ether oxygens (including phenoxy) is 1. The summed E-state index contributed by atoms with van der Waals surface area (Å²) in [6.07, 6.45) is 0. The van der Waals surface area contributed by atoms with E-state index in [4.69, 9.17) is 22.1 Å². The van der Waals surface area contributed by atoms with E-state index in [1.54, 1.807) is 4.68 Å². The molecule has 1 heterocycles. The summed E-state index contributed by atoms with van der Waals surface area (Å²) in [6.45, 7) is 4.81. The zero-order valence-corrected chi connectivity index (χ0v) is 12.2. The molecule has 4 nitrogen and oxygen atoms in total. The SMILES string of the molecule is Cc1ccc(OCc2c(C)nn(C)c2Cl)c(CN)c1. The Hall–Kier alpha value is -1.52. The summed E-state index contributed by atoms with van der Waals surface area (Å²) in [5, 5.41) is 4.87. The van der Waals surface area contributed by atoms with Gasteiger partial charge in [-0.3, -0.25) is 4.68 Å². The second kappa shape index (κ2) is 5.63. The van der Waals surface area contributed by atoms with Crippen molar-refractivity contribution in [1.29, 1.82) is 0 Å². The van der Waals surface area contributed by atoms with E-state index >= 15 is 0 Å². The van der Waals surface area contributed by atoms with Gasteiger partial charge in [0, 0.05) is 24.7 Å². The zero-order valence-electron chi connectivity index (χ0n) is 11.4. The number of hydrogen-bond acceptors (Lipinski definition) is 3. The van der Waals surface area contributed by atoms with Crippen molar-refractivity contribution in [3.05, 3.63) is 45.7 Å². The number of hydrogen-bond donors (Lipinski definition) is 1. The number of nitrogens with two attached hydrogens (primary N) is 1. The maximum absolute atomic E-state index is 6.17. The van der Waals surface area contributed by atoms with E-state index in [0.717, 1.165) is 22.6 Å². The first-order valence-electron chi connectivity index (χ1n) is 6.13. The van der Waals surface area contributed by atoms with Crippen LogP contribution in [-0.4, -0.2) is 9.78 Å². The van der Waals surface area contributed by atoms with Crippen molar-refractivity contribution in [3.63, 3.8) is 0 Å². The zero-order chi connectivity index (χ0) is 14.0. The maximum Gasteiger partial charge on any atom is 0.133 e. The highest BCUT2D eigenvalue weighted by atomic mass is 35.5. The molecule has 0 fully saturated rings. The van der Waals surface area contributed by atoms with Crippen LogP contribution in [0.25, 0.3) is 0 Å². The molecule has 0 bridgehead atoms. The van der Waals surface area contributed by atoms with Gasteiger partial charge in [0.05, 0.1) is 5.69 Å². The molecule has 0 atom stereocenters. The lowest BCUT2D eigenvalue weighted by Gasteiger charge is -2.11. The largest absolute Gasteiger partial charge is 0.488 e. The number of nitrogens with zero attached hydrogens (tertiary/aromatic N) is 2. The van der Waals surface area contributed by atoms with Gasteiger partial charge in [0.2, 0.25) is 0 Å². The Balaban J connectivity index is 2.19. The number of halogens is 1. The van der Waals surface area contributed by atoms with Crippen LogP contribution < -0.4 is 10.5 Å². The lowest BCUT2D eigenvalue weighted by atomic mass is 10.1. The van der Waals surface area contributed by atoms with Gasteiger partial charge >= 0.3 is 0 Å². The number of aromatic nitrogens is 2. The maximum atomic E-state index is 6.17. The molecule has 0 saturated heterocycles. The highest BCUT2D eigenvalue weighted by molar-refractivity contribution is 6.30. The molecule has 102 valence electrons. The molecule has 2 aromatic rings.